The van der Waals surface area contributed by atoms with Crippen LogP contribution < -0.4 is 5.32 Å². The SMILES string of the molecule is CNC(Cc1cc(Cl)ccc1F)C1CN2CCCC2CO1. The molecule has 0 spiro atoms. The minimum atomic E-state index is -0.200. The van der Waals surface area contributed by atoms with Gasteiger partial charge in [0.25, 0.3) is 0 Å². The molecule has 0 aliphatic carbocycles. The highest BCUT2D eigenvalue weighted by molar-refractivity contribution is 6.30. The van der Waals surface area contributed by atoms with Gasteiger partial charge in [-0.2, -0.15) is 0 Å². The molecule has 2 saturated heterocycles. The lowest BCUT2D eigenvalue weighted by molar-refractivity contribution is -0.0634. The first-order valence-electron chi connectivity index (χ1n) is 7.64. The van der Waals surface area contributed by atoms with Crippen molar-refractivity contribution in [1.82, 2.24) is 10.2 Å². The summed E-state index contributed by atoms with van der Waals surface area (Å²) in [6.45, 7) is 2.88. The lowest BCUT2D eigenvalue weighted by atomic mass is 9.99. The van der Waals surface area contributed by atoms with Crippen molar-refractivity contribution in [1.29, 1.82) is 0 Å². The molecule has 0 radical (unpaired) electrons. The Kier molecular flexibility index (Phi) is 4.79. The van der Waals surface area contributed by atoms with E-state index in [2.05, 4.69) is 10.2 Å². The molecule has 1 aromatic rings. The molecule has 0 aromatic heterocycles. The van der Waals surface area contributed by atoms with Crippen LogP contribution in [0.25, 0.3) is 0 Å². The minimum absolute atomic E-state index is 0.0968. The molecule has 3 atom stereocenters. The van der Waals surface area contributed by atoms with Crippen LogP contribution in [-0.4, -0.2) is 49.8 Å². The van der Waals surface area contributed by atoms with Crippen molar-refractivity contribution in [2.75, 3.05) is 26.7 Å². The fourth-order valence-electron chi connectivity index (χ4n) is 3.44. The number of morpholine rings is 1. The number of ether oxygens (including phenoxy) is 1. The third-order valence-electron chi connectivity index (χ3n) is 4.68. The van der Waals surface area contributed by atoms with Gasteiger partial charge in [-0.15, -0.1) is 0 Å². The van der Waals surface area contributed by atoms with Crippen LogP contribution in [0.2, 0.25) is 5.02 Å². The summed E-state index contributed by atoms with van der Waals surface area (Å²) in [6.07, 6.45) is 3.18. The van der Waals surface area contributed by atoms with Gasteiger partial charge in [-0.05, 0) is 56.6 Å². The Hall–Kier alpha value is -0.680. The van der Waals surface area contributed by atoms with E-state index in [4.69, 9.17) is 16.3 Å². The normalized spacial score (nSPS) is 27.6. The van der Waals surface area contributed by atoms with Gasteiger partial charge >= 0.3 is 0 Å². The molecule has 2 aliphatic heterocycles. The third kappa shape index (κ3) is 3.39. The largest absolute Gasteiger partial charge is 0.374 e. The number of nitrogens with zero attached hydrogens (tertiary/aromatic N) is 1. The van der Waals surface area contributed by atoms with Crippen molar-refractivity contribution in [2.24, 2.45) is 0 Å². The molecule has 0 saturated carbocycles. The number of halogens is 2. The van der Waals surface area contributed by atoms with Crippen LogP contribution in [0.4, 0.5) is 4.39 Å². The van der Waals surface area contributed by atoms with Crippen LogP contribution in [0.15, 0.2) is 18.2 Å². The fourth-order valence-corrected chi connectivity index (χ4v) is 3.64. The Balaban J connectivity index is 1.68. The van der Waals surface area contributed by atoms with E-state index >= 15 is 0 Å². The summed E-state index contributed by atoms with van der Waals surface area (Å²) in [6, 6.07) is 5.41. The summed E-state index contributed by atoms with van der Waals surface area (Å²) in [5.41, 5.74) is 0.647. The van der Waals surface area contributed by atoms with Crippen LogP contribution in [0.1, 0.15) is 18.4 Å². The first-order valence-corrected chi connectivity index (χ1v) is 8.02. The van der Waals surface area contributed by atoms with Gasteiger partial charge in [0, 0.05) is 23.7 Å². The summed E-state index contributed by atoms with van der Waals surface area (Å²) >= 11 is 5.98. The first kappa shape index (κ1) is 15.2. The van der Waals surface area contributed by atoms with Gasteiger partial charge < -0.3 is 10.1 Å². The van der Waals surface area contributed by atoms with Crippen molar-refractivity contribution in [3.63, 3.8) is 0 Å². The van der Waals surface area contributed by atoms with Gasteiger partial charge in [0.15, 0.2) is 0 Å². The Morgan fingerprint density at radius 1 is 1.52 bits per heavy atom. The Labute approximate surface area is 130 Å². The summed E-state index contributed by atoms with van der Waals surface area (Å²) in [5.74, 6) is -0.200. The first-order chi connectivity index (χ1) is 10.2. The predicted molar refractivity (Wildman–Crippen MR) is 82.3 cm³/mol. The van der Waals surface area contributed by atoms with E-state index in [1.54, 1.807) is 12.1 Å². The van der Waals surface area contributed by atoms with Gasteiger partial charge in [0.1, 0.15) is 5.82 Å². The van der Waals surface area contributed by atoms with Gasteiger partial charge in [-0.25, -0.2) is 4.39 Å². The van der Waals surface area contributed by atoms with Gasteiger partial charge in [0.05, 0.1) is 12.7 Å². The van der Waals surface area contributed by atoms with Gasteiger partial charge in [-0.3, -0.25) is 4.90 Å². The second-order valence-electron chi connectivity index (χ2n) is 6.00. The summed E-state index contributed by atoms with van der Waals surface area (Å²) in [4.78, 5) is 2.51. The molecule has 0 bridgehead atoms. The van der Waals surface area contributed by atoms with Crippen LogP contribution in [0.5, 0.6) is 0 Å². The van der Waals surface area contributed by atoms with Crippen LogP contribution in [0.3, 0.4) is 0 Å². The highest BCUT2D eigenvalue weighted by atomic mass is 35.5. The van der Waals surface area contributed by atoms with Crippen LogP contribution in [-0.2, 0) is 11.2 Å². The second kappa shape index (κ2) is 6.61. The Bertz CT molecular complexity index is 499. The maximum atomic E-state index is 13.9. The van der Waals surface area contributed by atoms with E-state index in [0.29, 0.717) is 23.0 Å². The number of hydrogen-bond donors (Lipinski definition) is 1. The number of benzene rings is 1. The molecule has 3 nitrogen and oxygen atoms in total. The quantitative estimate of drug-likeness (QED) is 0.924. The van der Waals surface area contributed by atoms with E-state index in [1.165, 1.54) is 18.9 Å². The highest BCUT2D eigenvalue weighted by Crippen LogP contribution is 2.25. The molecule has 2 fully saturated rings. The average Bonchev–Trinajstić information content (AvgIpc) is 2.95. The molecule has 1 N–H and O–H groups in total. The van der Waals surface area contributed by atoms with E-state index in [9.17, 15) is 4.39 Å². The molecule has 1 aromatic carbocycles. The van der Waals surface area contributed by atoms with Crippen LogP contribution >= 0.6 is 11.6 Å². The maximum absolute atomic E-state index is 13.9. The molecule has 0 amide bonds. The van der Waals surface area contributed by atoms with Crippen molar-refractivity contribution < 1.29 is 9.13 Å². The lowest BCUT2D eigenvalue weighted by Crippen LogP contribution is -2.54. The van der Waals surface area contributed by atoms with E-state index in [0.717, 1.165) is 19.7 Å². The summed E-state index contributed by atoms with van der Waals surface area (Å²) < 4.78 is 19.9. The van der Waals surface area contributed by atoms with Gasteiger partial charge in [0.2, 0.25) is 0 Å². The molecule has 3 unspecified atom stereocenters. The van der Waals surface area contributed by atoms with Crippen molar-refractivity contribution in [2.45, 2.75) is 37.5 Å². The molecule has 21 heavy (non-hydrogen) atoms. The number of rotatable bonds is 4. The van der Waals surface area contributed by atoms with Crippen molar-refractivity contribution >= 4 is 11.6 Å². The Morgan fingerprint density at radius 3 is 3.19 bits per heavy atom. The highest BCUT2D eigenvalue weighted by Gasteiger charge is 2.35. The van der Waals surface area contributed by atoms with Crippen LogP contribution in [0, 0.1) is 5.82 Å². The third-order valence-corrected chi connectivity index (χ3v) is 4.92. The molecule has 116 valence electrons. The minimum Gasteiger partial charge on any atom is -0.374 e. The number of nitrogens with one attached hydrogen (secondary N) is 1. The van der Waals surface area contributed by atoms with Crippen molar-refractivity contribution in [3.05, 3.63) is 34.6 Å². The molecule has 2 aliphatic rings. The van der Waals surface area contributed by atoms with E-state index in [1.807, 2.05) is 7.05 Å². The molecule has 2 heterocycles. The molecule has 3 rings (SSSR count). The molecular weight excluding hydrogens is 291 g/mol. The predicted octanol–water partition coefficient (Wildman–Crippen LogP) is 2.47. The maximum Gasteiger partial charge on any atom is 0.126 e. The topological polar surface area (TPSA) is 24.5 Å². The molecule has 5 heteroatoms. The number of fused-ring (bicyclic) bond motifs is 1. The zero-order valence-electron chi connectivity index (χ0n) is 12.3. The van der Waals surface area contributed by atoms with Crippen molar-refractivity contribution in [3.8, 4) is 0 Å². The molecular formula is C16H22ClFN2O. The fraction of sp³-hybridized carbons (Fsp3) is 0.625. The Morgan fingerprint density at radius 2 is 2.38 bits per heavy atom. The van der Waals surface area contributed by atoms with Gasteiger partial charge in [-0.1, -0.05) is 11.6 Å². The number of likely N-dealkylation sites (N-methyl/N-ethyl adjacent to an activating group) is 1. The summed E-state index contributed by atoms with van der Waals surface area (Å²) in [7, 11) is 1.91. The zero-order chi connectivity index (χ0) is 14.8. The lowest BCUT2D eigenvalue weighted by Gasteiger charge is -2.39. The monoisotopic (exact) mass is 312 g/mol. The standard InChI is InChI=1S/C16H22ClFN2O/c1-19-15(8-11-7-12(17)4-5-14(11)18)16-9-20-6-2-3-13(20)10-21-16/h4-5,7,13,15-16,19H,2-3,6,8-10H2,1H3. The van der Waals surface area contributed by atoms with E-state index < -0.39 is 0 Å². The number of hydrogen-bond acceptors (Lipinski definition) is 3. The van der Waals surface area contributed by atoms with E-state index in [-0.39, 0.29) is 18.0 Å². The zero-order valence-corrected chi connectivity index (χ0v) is 13.1. The summed E-state index contributed by atoms with van der Waals surface area (Å²) in [5, 5.41) is 3.86. The smallest absolute Gasteiger partial charge is 0.126 e. The second-order valence-corrected chi connectivity index (χ2v) is 6.43. The average molecular weight is 313 g/mol.